The van der Waals surface area contributed by atoms with Gasteiger partial charge in [0.15, 0.2) is 0 Å². The van der Waals surface area contributed by atoms with E-state index in [1.807, 2.05) is 31.2 Å². The minimum absolute atomic E-state index is 0. The van der Waals surface area contributed by atoms with Crippen LogP contribution in [0, 0.1) is 19.3 Å². The molecule has 60 valence electrons. The number of hydrogen-bond donors (Lipinski definition) is 0. The van der Waals surface area contributed by atoms with E-state index in [0.717, 1.165) is 5.56 Å². The molecule has 0 amide bonds. The third-order valence-electron chi connectivity index (χ3n) is 1.16. The predicted octanol–water partition coefficient (Wildman–Crippen LogP) is -7.44. The van der Waals surface area contributed by atoms with Gasteiger partial charge in [0.25, 0.3) is 0 Å². The molecule has 0 spiro atoms. The van der Waals surface area contributed by atoms with Gasteiger partial charge in [-0.1, -0.05) is 17.7 Å². The van der Waals surface area contributed by atoms with E-state index in [1.54, 1.807) is 0 Å². The average Bonchev–Trinajstić information content (AvgIpc) is 1.88. The van der Waals surface area contributed by atoms with Crippen molar-refractivity contribution in [2.45, 2.75) is 6.92 Å². The van der Waals surface area contributed by atoms with Gasteiger partial charge < -0.3 is 31.2 Å². The molecule has 0 aromatic heterocycles. The largest absolute Gasteiger partial charge is 2.00 e. The van der Waals surface area contributed by atoms with Gasteiger partial charge in [0.2, 0.25) is 0 Å². The van der Waals surface area contributed by atoms with Crippen LogP contribution in [-0.2, 0) is 0 Å². The van der Waals surface area contributed by atoms with E-state index in [2.05, 4.69) is 5.92 Å². The van der Waals surface area contributed by atoms with E-state index < -0.39 is 0 Å². The van der Waals surface area contributed by atoms with Gasteiger partial charge in [0, 0.05) is 0 Å². The van der Waals surface area contributed by atoms with Gasteiger partial charge in [-0.2, -0.15) is 0 Å². The number of benzene rings is 1. The summed E-state index contributed by atoms with van der Waals surface area (Å²) >= 11 is 0. The van der Waals surface area contributed by atoms with Crippen molar-refractivity contribution in [2.24, 2.45) is 0 Å². The zero-order valence-electron chi connectivity index (χ0n) is 7.77. The van der Waals surface area contributed by atoms with Crippen molar-refractivity contribution in [3.63, 3.8) is 0 Å². The van der Waals surface area contributed by atoms with Crippen molar-refractivity contribution in [1.29, 1.82) is 0 Å². The number of hydrogen-bond acceptors (Lipinski definition) is 0. The smallest absolute Gasteiger partial charge is 1.00 e. The molecule has 13 heavy (non-hydrogen) atoms. The Balaban J connectivity index is -0.000000101. The molecule has 0 bridgehead atoms. The Kier molecular flexibility index (Phi) is 23.0. The molecule has 1 rings (SSSR count). The Morgan fingerprint density at radius 3 is 2.08 bits per heavy atom. The van der Waals surface area contributed by atoms with Crippen LogP contribution in [0.5, 0.6) is 0 Å². The number of halogens is 2. The molecule has 0 fully saturated rings. The molecule has 0 atom stereocenters. The summed E-state index contributed by atoms with van der Waals surface area (Å²) in [6.45, 7) is 2.00. The van der Waals surface area contributed by atoms with Crippen LogP contribution >= 0.6 is 0 Å². The molecule has 0 aliphatic heterocycles. The van der Waals surface area contributed by atoms with Crippen molar-refractivity contribution in [3.8, 4) is 5.92 Å². The maximum absolute atomic E-state index is 6.79. The summed E-state index contributed by atoms with van der Waals surface area (Å²) in [6.07, 6.45) is 6.79. The van der Waals surface area contributed by atoms with Gasteiger partial charge in [0.1, 0.15) is 0 Å². The second-order valence-corrected chi connectivity index (χ2v) is 1.99. The summed E-state index contributed by atoms with van der Waals surface area (Å²) in [4.78, 5) is 0. The Morgan fingerprint density at radius 2 is 1.77 bits per heavy atom. The van der Waals surface area contributed by atoms with Crippen LogP contribution in [0.4, 0.5) is 0 Å². The van der Waals surface area contributed by atoms with E-state index in [1.165, 1.54) is 5.56 Å². The molecule has 0 aliphatic carbocycles. The Hall–Kier alpha value is 0.724. The maximum atomic E-state index is 6.79. The van der Waals surface area contributed by atoms with Gasteiger partial charge in [-0.3, -0.25) is 5.92 Å². The first kappa shape index (κ1) is 23.5. The molecule has 1 aromatic rings. The summed E-state index contributed by atoms with van der Waals surface area (Å²) in [5.74, 6) is 2.32. The second-order valence-electron chi connectivity index (χ2n) is 1.99. The third-order valence-corrected chi connectivity index (χ3v) is 1.16. The van der Waals surface area contributed by atoms with Crippen LogP contribution in [0.2, 0.25) is 0 Å². The van der Waals surface area contributed by atoms with Gasteiger partial charge in [-0.15, -0.1) is 17.7 Å². The summed E-state index contributed by atoms with van der Waals surface area (Å²) in [5.41, 5.74) is 2.02. The molecular formula is C9H7Cl2LiMg. The second kappa shape index (κ2) is 12.7. The Labute approximate surface area is 120 Å². The molecule has 1 aromatic carbocycles. The first-order valence-electron chi connectivity index (χ1n) is 2.82. The third kappa shape index (κ3) is 9.04. The summed E-state index contributed by atoms with van der Waals surface area (Å²) in [5, 5.41) is 0. The van der Waals surface area contributed by atoms with Gasteiger partial charge >= 0.3 is 41.9 Å². The molecule has 0 aliphatic rings. The molecule has 4 heteroatoms. The van der Waals surface area contributed by atoms with Crippen molar-refractivity contribution in [2.75, 3.05) is 0 Å². The zero-order chi connectivity index (χ0) is 6.69. The van der Waals surface area contributed by atoms with Crippen LogP contribution < -0.4 is 43.7 Å². The van der Waals surface area contributed by atoms with Crippen molar-refractivity contribution in [1.82, 2.24) is 0 Å². The fourth-order valence-corrected chi connectivity index (χ4v) is 0.723. The normalized spacial score (nSPS) is 5.85. The monoisotopic (exact) mass is 216 g/mol. The Bertz CT molecular complexity index is 258. The van der Waals surface area contributed by atoms with Gasteiger partial charge in [0.05, 0.1) is 0 Å². The first-order chi connectivity index (χ1) is 4.33. The van der Waals surface area contributed by atoms with E-state index in [4.69, 9.17) is 6.42 Å². The fourth-order valence-electron chi connectivity index (χ4n) is 0.723. The molecule has 0 N–H and O–H groups in total. The minimum Gasteiger partial charge on any atom is -1.00 e. The predicted molar refractivity (Wildman–Crippen MR) is 43.2 cm³/mol. The van der Waals surface area contributed by atoms with E-state index >= 15 is 0 Å². The van der Waals surface area contributed by atoms with Crippen molar-refractivity contribution in [3.05, 3.63) is 41.8 Å². The molecule has 0 heterocycles. The average molecular weight is 217 g/mol. The van der Waals surface area contributed by atoms with E-state index in [9.17, 15) is 0 Å². The quantitative estimate of drug-likeness (QED) is 0.230. The molecule has 0 radical (unpaired) electrons. The summed E-state index contributed by atoms with van der Waals surface area (Å²) in [6, 6.07) is 7.71. The number of rotatable bonds is 0. The van der Waals surface area contributed by atoms with Crippen molar-refractivity contribution < 1.29 is 43.7 Å². The van der Waals surface area contributed by atoms with E-state index in [-0.39, 0.29) is 66.7 Å². The molecule has 0 saturated carbocycles. The first-order valence-corrected chi connectivity index (χ1v) is 2.82. The fraction of sp³-hybridized carbons (Fsp3) is 0.111. The maximum Gasteiger partial charge on any atom is 2.00 e. The molecular weight excluding hydrogens is 210 g/mol. The van der Waals surface area contributed by atoms with Crippen LogP contribution in [0.3, 0.4) is 0 Å². The van der Waals surface area contributed by atoms with Crippen LogP contribution in [0.15, 0.2) is 24.3 Å². The summed E-state index contributed by atoms with van der Waals surface area (Å²) in [7, 11) is 0. The standard InChI is InChI=1S/C9H7.2ClH.Li.Mg/c1-3-9-6-4-5-8(2)7-9;;;;/h4-7H,2H3;2*1H;;/q-1;;;+1;+2/p-2. The van der Waals surface area contributed by atoms with Crippen LogP contribution in [0.25, 0.3) is 0 Å². The van der Waals surface area contributed by atoms with Gasteiger partial charge in [-0.05, 0) is 6.92 Å². The topological polar surface area (TPSA) is 0 Å². The van der Waals surface area contributed by atoms with Crippen LogP contribution in [-0.4, -0.2) is 23.1 Å². The van der Waals surface area contributed by atoms with E-state index in [0.29, 0.717) is 0 Å². The van der Waals surface area contributed by atoms with Crippen LogP contribution in [0.1, 0.15) is 11.1 Å². The zero-order valence-corrected chi connectivity index (χ0v) is 10.7. The minimum atomic E-state index is 0. The summed E-state index contributed by atoms with van der Waals surface area (Å²) < 4.78 is 0. The Morgan fingerprint density at radius 1 is 1.23 bits per heavy atom. The molecule has 0 saturated heterocycles. The van der Waals surface area contributed by atoms with Gasteiger partial charge in [-0.25, -0.2) is 0 Å². The molecule has 0 nitrogen and oxygen atoms in total. The SMILES string of the molecule is [C-]#Cc1cccc(C)c1.[Cl-].[Cl-].[Li+].[Mg+2]. The van der Waals surface area contributed by atoms with Crippen molar-refractivity contribution >= 4 is 23.1 Å². The molecule has 0 unspecified atom stereocenters. The number of aryl methyl sites for hydroxylation is 1.